The van der Waals surface area contributed by atoms with E-state index in [1.807, 2.05) is 29.2 Å². The average molecular weight is 289 g/mol. The van der Waals surface area contributed by atoms with E-state index in [0.717, 1.165) is 24.4 Å². The summed E-state index contributed by atoms with van der Waals surface area (Å²) in [6.45, 7) is 3.59. The molecule has 1 N–H and O–H groups in total. The van der Waals surface area contributed by atoms with Crippen LogP contribution in [0.2, 0.25) is 0 Å². The van der Waals surface area contributed by atoms with Gasteiger partial charge in [0, 0.05) is 13.3 Å². The van der Waals surface area contributed by atoms with Gasteiger partial charge in [0.05, 0.1) is 38.2 Å². The molecule has 21 heavy (non-hydrogen) atoms. The number of nitrogens with one attached hydrogen (secondary N) is 1. The minimum atomic E-state index is 0.260. The quantitative estimate of drug-likeness (QED) is 0.811. The molecule has 1 atom stereocenters. The molecule has 0 radical (unpaired) electrons. The van der Waals surface area contributed by atoms with E-state index in [2.05, 4.69) is 29.5 Å². The normalized spacial score (nSPS) is 12.1. The van der Waals surface area contributed by atoms with E-state index in [4.69, 9.17) is 9.47 Å². The van der Waals surface area contributed by atoms with Gasteiger partial charge in [-0.25, -0.2) is 0 Å². The molecule has 0 fully saturated rings. The van der Waals surface area contributed by atoms with E-state index in [1.54, 1.807) is 14.2 Å². The van der Waals surface area contributed by atoms with Crippen LogP contribution in [0, 0.1) is 0 Å². The van der Waals surface area contributed by atoms with Gasteiger partial charge in [0.2, 0.25) is 0 Å². The van der Waals surface area contributed by atoms with Crippen molar-refractivity contribution in [1.82, 2.24) is 9.78 Å². The van der Waals surface area contributed by atoms with Crippen LogP contribution < -0.4 is 10.1 Å². The van der Waals surface area contributed by atoms with Crippen molar-refractivity contribution >= 4 is 5.69 Å². The largest absolute Gasteiger partial charge is 0.497 e. The smallest absolute Gasteiger partial charge is 0.118 e. The first kappa shape index (κ1) is 15.4. The monoisotopic (exact) mass is 289 g/mol. The van der Waals surface area contributed by atoms with Crippen LogP contribution in [0.5, 0.6) is 5.75 Å². The van der Waals surface area contributed by atoms with Crippen LogP contribution in [0.15, 0.2) is 36.7 Å². The number of benzene rings is 1. The van der Waals surface area contributed by atoms with Gasteiger partial charge in [-0.15, -0.1) is 0 Å². The summed E-state index contributed by atoms with van der Waals surface area (Å²) in [5.41, 5.74) is 2.26. The van der Waals surface area contributed by atoms with Gasteiger partial charge in [-0.05, 0) is 24.1 Å². The summed E-state index contributed by atoms with van der Waals surface area (Å²) < 4.78 is 12.1. The second kappa shape index (κ2) is 7.69. The molecule has 2 aromatic rings. The topological polar surface area (TPSA) is 48.3 Å². The van der Waals surface area contributed by atoms with Crippen molar-refractivity contribution in [3.63, 3.8) is 0 Å². The highest BCUT2D eigenvalue weighted by molar-refractivity contribution is 5.42. The predicted octanol–water partition coefficient (Wildman–Crippen LogP) is 3.10. The zero-order valence-electron chi connectivity index (χ0n) is 12.9. The number of aromatic nitrogens is 2. The Kier molecular flexibility index (Phi) is 5.63. The molecular formula is C16H23N3O2. The molecule has 2 rings (SSSR count). The fourth-order valence-corrected chi connectivity index (χ4v) is 2.20. The lowest BCUT2D eigenvalue weighted by molar-refractivity contribution is 0.183. The van der Waals surface area contributed by atoms with Crippen molar-refractivity contribution in [2.75, 3.05) is 26.1 Å². The number of ether oxygens (including phenoxy) is 2. The third-order valence-electron chi connectivity index (χ3n) is 3.43. The van der Waals surface area contributed by atoms with E-state index in [0.29, 0.717) is 6.61 Å². The maximum Gasteiger partial charge on any atom is 0.118 e. The van der Waals surface area contributed by atoms with Crippen LogP contribution in [0.4, 0.5) is 5.69 Å². The highest BCUT2D eigenvalue weighted by Gasteiger charge is 2.10. The van der Waals surface area contributed by atoms with Gasteiger partial charge in [0.1, 0.15) is 5.75 Å². The maximum absolute atomic E-state index is 5.20. The molecule has 0 spiro atoms. The van der Waals surface area contributed by atoms with E-state index >= 15 is 0 Å². The Morgan fingerprint density at radius 3 is 2.62 bits per heavy atom. The molecule has 5 heteroatoms. The van der Waals surface area contributed by atoms with Crippen LogP contribution in [0.1, 0.15) is 24.9 Å². The molecular weight excluding hydrogens is 266 g/mol. The molecule has 5 nitrogen and oxygen atoms in total. The van der Waals surface area contributed by atoms with Gasteiger partial charge in [0.15, 0.2) is 0 Å². The second-order valence-electron chi connectivity index (χ2n) is 4.86. The lowest BCUT2D eigenvalue weighted by atomic mass is 10.0. The molecule has 1 unspecified atom stereocenters. The number of methoxy groups -OCH3 is 2. The molecule has 114 valence electrons. The standard InChI is InChI=1S/C16H23N3O2/c1-4-16(13-5-7-15(21-3)8-6-13)18-14-11-17-19(12-14)9-10-20-2/h5-8,11-12,16,18H,4,9-10H2,1-3H3. The fourth-order valence-electron chi connectivity index (χ4n) is 2.20. The zero-order valence-corrected chi connectivity index (χ0v) is 12.9. The predicted molar refractivity (Wildman–Crippen MR) is 83.8 cm³/mol. The van der Waals surface area contributed by atoms with Gasteiger partial charge in [-0.3, -0.25) is 4.68 Å². The Labute approximate surface area is 125 Å². The summed E-state index contributed by atoms with van der Waals surface area (Å²) in [7, 11) is 3.37. The molecule has 0 aliphatic carbocycles. The van der Waals surface area contributed by atoms with Crippen LogP contribution in [-0.2, 0) is 11.3 Å². The summed E-state index contributed by atoms with van der Waals surface area (Å²) in [5.74, 6) is 0.876. The Hall–Kier alpha value is -2.01. The third kappa shape index (κ3) is 4.23. The lowest BCUT2D eigenvalue weighted by Gasteiger charge is -2.17. The maximum atomic E-state index is 5.20. The van der Waals surface area contributed by atoms with E-state index in [-0.39, 0.29) is 6.04 Å². The van der Waals surface area contributed by atoms with Gasteiger partial charge in [0.25, 0.3) is 0 Å². The van der Waals surface area contributed by atoms with Crippen LogP contribution in [-0.4, -0.2) is 30.6 Å². The Bertz CT molecular complexity index is 537. The van der Waals surface area contributed by atoms with Crippen molar-refractivity contribution in [3.8, 4) is 5.75 Å². The van der Waals surface area contributed by atoms with E-state index < -0.39 is 0 Å². The molecule has 0 aliphatic heterocycles. The van der Waals surface area contributed by atoms with Gasteiger partial charge >= 0.3 is 0 Å². The van der Waals surface area contributed by atoms with E-state index in [1.165, 1.54) is 5.56 Å². The molecule has 0 saturated heterocycles. The summed E-state index contributed by atoms with van der Waals surface area (Å²) in [5, 5.41) is 7.83. The zero-order chi connectivity index (χ0) is 15.1. The summed E-state index contributed by atoms with van der Waals surface area (Å²) in [6.07, 6.45) is 4.85. The Balaban J connectivity index is 2.02. The van der Waals surface area contributed by atoms with Gasteiger partial charge in [-0.1, -0.05) is 19.1 Å². The summed E-state index contributed by atoms with van der Waals surface area (Å²) >= 11 is 0. The first-order valence-corrected chi connectivity index (χ1v) is 7.18. The van der Waals surface area contributed by atoms with Gasteiger partial charge < -0.3 is 14.8 Å². The molecule has 0 amide bonds. The SMILES string of the molecule is CCC(Nc1cnn(CCOC)c1)c1ccc(OC)cc1. The molecule has 0 bridgehead atoms. The van der Waals surface area contributed by atoms with E-state index in [9.17, 15) is 0 Å². The van der Waals surface area contributed by atoms with Crippen molar-refractivity contribution in [1.29, 1.82) is 0 Å². The summed E-state index contributed by atoms with van der Waals surface area (Å²) in [6, 6.07) is 8.42. The number of hydrogen-bond donors (Lipinski definition) is 1. The second-order valence-corrected chi connectivity index (χ2v) is 4.86. The number of anilines is 1. The molecule has 0 saturated carbocycles. The Morgan fingerprint density at radius 1 is 1.24 bits per heavy atom. The molecule has 1 aromatic carbocycles. The minimum Gasteiger partial charge on any atom is -0.497 e. The van der Waals surface area contributed by atoms with Crippen LogP contribution >= 0.6 is 0 Å². The summed E-state index contributed by atoms with van der Waals surface area (Å²) in [4.78, 5) is 0. The number of nitrogens with zero attached hydrogens (tertiary/aromatic N) is 2. The first-order chi connectivity index (χ1) is 10.3. The minimum absolute atomic E-state index is 0.260. The first-order valence-electron chi connectivity index (χ1n) is 7.18. The van der Waals surface area contributed by atoms with Crippen molar-refractivity contribution < 1.29 is 9.47 Å². The highest BCUT2D eigenvalue weighted by Crippen LogP contribution is 2.24. The Morgan fingerprint density at radius 2 is 2.00 bits per heavy atom. The molecule has 1 heterocycles. The van der Waals surface area contributed by atoms with Crippen LogP contribution in [0.25, 0.3) is 0 Å². The average Bonchev–Trinajstić information content (AvgIpc) is 2.98. The molecule has 0 aliphatic rings. The number of hydrogen-bond acceptors (Lipinski definition) is 4. The third-order valence-corrected chi connectivity index (χ3v) is 3.43. The molecule has 1 aromatic heterocycles. The van der Waals surface area contributed by atoms with Crippen molar-refractivity contribution in [3.05, 3.63) is 42.2 Å². The highest BCUT2D eigenvalue weighted by atomic mass is 16.5. The van der Waals surface area contributed by atoms with Crippen molar-refractivity contribution in [2.24, 2.45) is 0 Å². The lowest BCUT2D eigenvalue weighted by Crippen LogP contribution is -2.09. The van der Waals surface area contributed by atoms with Gasteiger partial charge in [-0.2, -0.15) is 5.10 Å². The van der Waals surface area contributed by atoms with Crippen LogP contribution in [0.3, 0.4) is 0 Å². The van der Waals surface area contributed by atoms with Crippen molar-refractivity contribution in [2.45, 2.75) is 25.9 Å². The fraction of sp³-hybridized carbons (Fsp3) is 0.438. The number of rotatable bonds is 8.